The summed E-state index contributed by atoms with van der Waals surface area (Å²) in [5.74, 6) is -0.378. The van der Waals surface area contributed by atoms with Gasteiger partial charge in [0.05, 0.1) is 28.6 Å². The van der Waals surface area contributed by atoms with Crippen molar-refractivity contribution in [1.29, 1.82) is 0 Å². The molecular formula is C24H16F3N3O2. The second kappa shape index (κ2) is 8.50. The Balaban J connectivity index is 1.60. The summed E-state index contributed by atoms with van der Waals surface area (Å²) < 4.78 is 38.0. The van der Waals surface area contributed by atoms with Crippen LogP contribution in [-0.4, -0.2) is 22.2 Å². The molecule has 1 aromatic heterocycles. The molecule has 160 valence electrons. The fourth-order valence-corrected chi connectivity index (χ4v) is 3.13. The van der Waals surface area contributed by atoms with Crippen molar-refractivity contribution in [2.45, 2.75) is 6.18 Å². The molecule has 4 aromatic rings. The van der Waals surface area contributed by atoms with Gasteiger partial charge in [0, 0.05) is 10.9 Å². The monoisotopic (exact) mass is 435 g/mol. The van der Waals surface area contributed by atoms with Crippen LogP contribution in [0, 0.1) is 0 Å². The van der Waals surface area contributed by atoms with E-state index >= 15 is 0 Å². The number of phenols is 1. The Morgan fingerprint density at radius 3 is 2.34 bits per heavy atom. The van der Waals surface area contributed by atoms with E-state index in [2.05, 4.69) is 15.5 Å². The third-order valence-electron chi connectivity index (χ3n) is 4.74. The summed E-state index contributed by atoms with van der Waals surface area (Å²) in [5, 5.41) is 14.0. The number of phenolic OH excluding ortho intramolecular Hbond substituents is 1. The molecule has 0 atom stereocenters. The highest BCUT2D eigenvalue weighted by atomic mass is 19.4. The maximum Gasteiger partial charge on any atom is 0.416 e. The van der Waals surface area contributed by atoms with Crippen molar-refractivity contribution in [3.8, 4) is 17.0 Å². The first-order valence-electron chi connectivity index (χ1n) is 9.51. The van der Waals surface area contributed by atoms with Crippen LogP contribution in [0.25, 0.3) is 22.2 Å². The van der Waals surface area contributed by atoms with E-state index in [1.54, 1.807) is 42.5 Å². The minimum Gasteiger partial charge on any atom is -0.508 e. The van der Waals surface area contributed by atoms with Gasteiger partial charge in [0.25, 0.3) is 5.91 Å². The van der Waals surface area contributed by atoms with E-state index in [4.69, 9.17) is 0 Å². The highest BCUT2D eigenvalue weighted by Crippen LogP contribution is 2.29. The Morgan fingerprint density at radius 2 is 1.66 bits per heavy atom. The van der Waals surface area contributed by atoms with E-state index in [1.165, 1.54) is 30.5 Å². The van der Waals surface area contributed by atoms with Crippen LogP contribution in [-0.2, 0) is 6.18 Å². The van der Waals surface area contributed by atoms with Crippen molar-refractivity contribution in [2.75, 3.05) is 0 Å². The first-order valence-corrected chi connectivity index (χ1v) is 9.51. The fraction of sp³-hybridized carbons (Fsp3) is 0.0417. The number of halogens is 3. The normalized spacial score (nSPS) is 11.7. The number of amides is 1. The molecule has 0 aliphatic carbocycles. The van der Waals surface area contributed by atoms with Crippen molar-refractivity contribution >= 4 is 23.0 Å². The molecule has 5 nitrogen and oxygen atoms in total. The third-order valence-corrected chi connectivity index (χ3v) is 4.74. The van der Waals surface area contributed by atoms with Gasteiger partial charge in [-0.1, -0.05) is 30.3 Å². The molecule has 32 heavy (non-hydrogen) atoms. The molecule has 0 bridgehead atoms. The van der Waals surface area contributed by atoms with Crippen molar-refractivity contribution in [1.82, 2.24) is 10.4 Å². The summed E-state index contributed by atoms with van der Waals surface area (Å²) in [4.78, 5) is 17.4. The molecule has 0 unspecified atom stereocenters. The quantitative estimate of drug-likeness (QED) is 0.333. The number of nitrogens with one attached hydrogen (secondary N) is 1. The van der Waals surface area contributed by atoms with E-state index in [1.807, 2.05) is 0 Å². The number of aromatic nitrogens is 1. The SMILES string of the molecule is O=C(N/N=C\c1ccc(C(F)(F)F)cc1)c1cc(-c2ccc(O)cc2)nc2ccccc12. The molecule has 0 aliphatic rings. The van der Waals surface area contributed by atoms with Crippen molar-refractivity contribution in [3.63, 3.8) is 0 Å². The molecule has 2 N–H and O–H groups in total. The van der Waals surface area contributed by atoms with E-state index in [0.717, 1.165) is 17.7 Å². The lowest BCUT2D eigenvalue weighted by Crippen LogP contribution is -2.18. The molecule has 1 heterocycles. The maximum absolute atomic E-state index is 12.8. The Kier molecular flexibility index (Phi) is 5.59. The summed E-state index contributed by atoms with van der Waals surface area (Å²) in [6, 6.07) is 19.6. The number of benzene rings is 3. The second-order valence-corrected chi connectivity index (χ2v) is 6.94. The molecule has 0 spiro atoms. The van der Waals surface area contributed by atoms with Gasteiger partial charge < -0.3 is 5.11 Å². The molecule has 0 aliphatic heterocycles. The van der Waals surface area contributed by atoms with Gasteiger partial charge in [-0.05, 0) is 54.1 Å². The maximum atomic E-state index is 12.8. The third kappa shape index (κ3) is 4.59. The van der Waals surface area contributed by atoms with Crippen LogP contribution < -0.4 is 5.43 Å². The van der Waals surface area contributed by atoms with E-state index < -0.39 is 17.6 Å². The van der Waals surface area contributed by atoms with Crippen molar-refractivity contribution in [3.05, 3.63) is 95.6 Å². The van der Waals surface area contributed by atoms with Crippen LogP contribution in [0.2, 0.25) is 0 Å². The molecular weight excluding hydrogens is 419 g/mol. The topological polar surface area (TPSA) is 74.6 Å². The molecule has 0 saturated carbocycles. The van der Waals surface area contributed by atoms with Gasteiger partial charge in [-0.25, -0.2) is 10.4 Å². The van der Waals surface area contributed by atoms with Gasteiger partial charge in [-0.15, -0.1) is 0 Å². The molecule has 0 saturated heterocycles. The fourth-order valence-electron chi connectivity index (χ4n) is 3.13. The van der Waals surface area contributed by atoms with Crippen molar-refractivity contribution < 1.29 is 23.1 Å². The number of carbonyl (C=O) groups excluding carboxylic acids is 1. The predicted octanol–water partition coefficient (Wildman–Crippen LogP) is 5.39. The van der Waals surface area contributed by atoms with Crippen LogP contribution in [0.15, 0.2) is 84.0 Å². The summed E-state index contributed by atoms with van der Waals surface area (Å²) >= 11 is 0. The lowest BCUT2D eigenvalue weighted by atomic mass is 10.0. The number of hydrazone groups is 1. The molecule has 8 heteroatoms. The first-order chi connectivity index (χ1) is 15.3. The lowest BCUT2D eigenvalue weighted by molar-refractivity contribution is -0.137. The summed E-state index contributed by atoms with van der Waals surface area (Å²) in [5.41, 5.74) is 4.26. The second-order valence-electron chi connectivity index (χ2n) is 6.94. The molecule has 1 amide bonds. The zero-order chi connectivity index (χ0) is 22.7. The minimum absolute atomic E-state index is 0.116. The number of carbonyl (C=O) groups is 1. The summed E-state index contributed by atoms with van der Waals surface area (Å²) in [6.45, 7) is 0. The first kappa shape index (κ1) is 21.0. The number of fused-ring (bicyclic) bond motifs is 1. The van der Waals surface area contributed by atoms with Crippen LogP contribution in [0.1, 0.15) is 21.5 Å². The van der Waals surface area contributed by atoms with Crippen molar-refractivity contribution in [2.24, 2.45) is 5.10 Å². The van der Waals surface area contributed by atoms with Gasteiger partial charge in [0.1, 0.15) is 5.75 Å². The number of aromatic hydroxyl groups is 1. The summed E-state index contributed by atoms with van der Waals surface area (Å²) in [7, 11) is 0. The van der Waals surface area contributed by atoms with Gasteiger partial charge >= 0.3 is 6.18 Å². The Bertz CT molecular complexity index is 1300. The minimum atomic E-state index is -4.42. The highest BCUT2D eigenvalue weighted by molar-refractivity contribution is 6.07. The van der Waals surface area contributed by atoms with Gasteiger partial charge in [-0.3, -0.25) is 4.79 Å². The number of hydrogen-bond acceptors (Lipinski definition) is 4. The standard InChI is InChI=1S/C24H16F3N3O2/c25-24(26,27)17-9-5-15(6-10-17)14-28-30-23(32)20-13-22(16-7-11-18(31)12-8-16)29-21-4-2-1-3-19(20)21/h1-14,31H,(H,30,32)/b28-14-. The number of hydrogen-bond donors (Lipinski definition) is 2. The Hall–Kier alpha value is -4.20. The molecule has 0 radical (unpaired) electrons. The van der Waals surface area contributed by atoms with E-state index in [9.17, 15) is 23.1 Å². The van der Waals surface area contributed by atoms with E-state index in [-0.39, 0.29) is 5.75 Å². The molecule has 4 rings (SSSR count). The van der Waals surface area contributed by atoms with Gasteiger partial charge in [0.15, 0.2) is 0 Å². The number of nitrogens with zero attached hydrogens (tertiary/aromatic N) is 2. The number of alkyl halides is 3. The molecule has 3 aromatic carbocycles. The average Bonchev–Trinajstić information content (AvgIpc) is 2.78. The lowest BCUT2D eigenvalue weighted by Gasteiger charge is -2.09. The summed E-state index contributed by atoms with van der Waals surface area (Å²) in [6.07, 6.45) is -3.15. The van der Waals surface area contributed by atoms with Crippen LogP contribution in [0.5, 0.6) is 5.75 Å². The average molecular weight is 435 g/mol. The smallest absolute Gasteiger partial charge is 0.416 e. The van der Waals surface area contributed by atoms with Crippen LogP contribution >= 0.6 is 0 Å². The Labute approximate surface area is 180 Å². The zero-order valence-corrected chi connectivity index (χ0v) is 16.5. The zero-order valence-electron chi connectivity index (χ0n) is 16.5. The molecule has 0 fully saturated rings. The number of pyridine rings is 1. The van der Waals surface area contributed by atoms with E-state index in [0.29, 0.717) is 27.7 Å². The largest absolute Gasteiger partial charge is 0.508 e. The van der Waals surface area contributed by atoms with Crippen LogP contribution in [0.4, 0.5) is 13.2 Å². The number of rotatable bonds is 4. The highest BCUT2D eigenvalue weighted by Gasteiger charge is 2.29. The van der Waals surface area contributed by atoms with Gasteiger partial charge in [0.2, 0.25) is 0 Å². The number of para-hydroxylation sites is 1. The predicted molar refractivity (Wildman–Crippen MR) is 115 cm³/mol. The van der Waals surface area contributed by atoms with Gasteiger partial charge in [-0.2, -0.15) is 18.3 Å². The Morgan fingerprint density at radius 1 is 0.969 bits per heavy atom. The van der Waals surface area contributed by atoms with Crippen LogP contribution in [0.3, 0.4) is 0 Å².